The fourth-order valence-corrected chi connectivity index (χ4v) is 1.66. The molecule has 1 N–H and O–H groups in total. The van der Waals surface area contributed by atoms with Gasteiger partial charge in [0.1, 0.15) is 12.4 Å². The molecular formula is C10H10O3S. The van der Waals surface area contributed by atoms with E-state index in [4.69, 9.17) is 9.52 Å². The van der Waals surface area contributed by atoms with Gasteiger partial charge in [0.2, 0.25) is 0 Å². The Morgan fingerprint density at radius 2 is 2.29 bits per heavy atom. The van der Waals surface area contributed by atoms with Crippen LogP contribution in [-0.2, 0) is 0 Å². The molecule has 3 nitrogen and oxygen atoms in total. The van der Waals surface area contributed by atoms with Gasteiger partial charge in [-0.05, 0) is 13.0 Å². The number of rotatable bonds is 2. The van der Waals surface area contributed by atoms with Gasteiger partial charge in [0.25, 0.3) is 0 Å². The first kappa shape index (κ1) is 10.9. The van der Waals surface area contributed by atoms with E-state index in [2.05, 4.69) is 11.8 Å². The Kier molecular flexibility index (Phi) is 4.30. The van der Waals surface area contributed by atoms with Crippen molar-refractivity contribution in [2.45, 2.75) is 11.8 Å². The summed E-state index contributed by atoms with van der Waals surface area (Å²) >= 11 is 1.44. The highest BCUT2D eigenvalue weighted by Crippen LogP contribution is 2.15. The van der Waals surface area contributed by atoms with Gasteiger partial charge in [0.05, 0.1) is 5.75 Å². The van der Waals surface area contributed by atoms with Crippen LogP contribution < -0.4 is 5.63 Å². The van der Waals surface area contributed by atoms with Crippen LogP contribution in [0.25, 0.3) is 0 Å². The predicted molar refractivity (Wildman–Crippen MR) is 55.3 cm³/mol. The Bertz CT molecular complexity index is 411. The van der Waals surface area contributed by atoms with E-state index in [1.165, 1.54) is 17.8 Å². The normalized spacial score (nSPS) is 9.29. The third-order valence-corrected chi connectivity index (χ3v) is 2.24. The van der Waals surface area contributed by atoms with Crippen LogP contribution in [0.2, 0.25) is 0 Å². The monoisotopic (exact) mass is 210 g/mol. The zero-order valence-corrected chi connectivity index (χ0v) is 8.56. The third kappa shape index (κ3) is 3.69. The van der Waals surface area contributed by atoms with Crippen molar-refractivity contribution >= 4 is 11.8 Å². The molecule has 0 radical (unpaired) electrons. The predicted octanol–water partition coefficient (Wildman–Crippen LogP) is 1.04. The van der Waals surface area contributed by atoms with Gasteiger partial charge < -0.3 is 9.52 Å². The summed E-state index contributed by atoms with van der Waals surface area (Å²) in [5, 5.41) is 8.40. The zero-order chi connectivity index (χ0) is 10.4. The number of aliphatic hydroxyl groups is 1. The molecule has 0 saturated heterocycles. The second kappa shape index (κ2) is 5.53. The molecule has 0 aliphatic heterocycles. The average molecular weight is 210 g/mol. The zero-order valence-electron chi connectivity index (χ0n) is 7.74. The summed E-state index contributed by atoms with van der Waals surface area (Å²) in [7, 11) is 0. The van der Waals surface area contributed by atoms with Gasteiger partial charge in [-0.25, -0.2) is 4.79 Å². The molecule has 1 heterocycles. The minimum Gasteiger partial charge on any atom is -0.428 e. The summed E-state index contributed by atoms with van der Waals surface area (Å²) in [5.74, 6) is 6.44. The minimum atomic E-state index is -0.345. The summed E-state index contributed by atoms with van der Waals surface area (Å²) in [4.78, 5) is 11.8. The summed E-state index contributed by atoms with van der Waals surface area (Å²) in [6, 6.07) is 3.21. The second-order valence-corrected chi connectivity index (χ2v) is 3.57. The van der Waals surface area contributed by atoms with Crippen molar-refractivity contribution < 1.29 is 9.52 Å². The highest BCUT2D eigenvalue weighted by Gasteiger charge is 1.97. The minimum absolute atomic E-state index is 0.128. The Balaban J connectivity index is 2.63. The van der Waals surface area contributed by atoms with Crippen LogP contribution >= 0.6 is 11.8 Å². The number of thioether (sulfide) groups is 1. The smallest absolute Gasteiger partial charge is 0.336 e. The second-order valence-electron chi connectivity index (χ2n) is 2.52. The average Bonchev–Trinajstić information content (AvgIpc) is 2.11. The lowest BCUT2D eigenvalue weighted by atomic mass is 10.4. The Labute approximate surface area is 86.1 Å². The molecule has 0 atom stereocenters. The number of hydrogen-bond acceptors (Lipinski definition) is 4. The van der Waals surface area contributed by atoms with E-state index in [0.717, 1.165) is 4.90 Å². The summed E-state index contributed by atoms with van der Waals surface area (Å²) in [6.45, 7) is 1.60. The van der Waals surface area contributed by atoms with Crippen molar-refractivity contribution in [3.63, 3.8) is 0 Å². The first-order valence-electron chi connectivity index (χ1n) is 4.03. The molecule has 0 spiro atoms. The molecule has 0 aromatic carbocycles. The first-order chi connectivity index (χ1) is 6.72. The Morgan fingerprint density at radius 1 is 1.50 bits per heavy atom. The van der Waals surface area contributed by atoms with E-state index < -0.39 is 0 Å². The molecule has 1 aromatic heterocycles. The SMILES string of the molecule is Cc1cc(SCC#CCO)cc(=O)o1. The Hall–Kier alpha value is -1.18. The van der Waals surface area contributed by atoms with Crippen molar-refractivity contribution in [1.29, 1.82) is 0 Å². The standard InChI is InChI=1S/C10H10O3S/c1-8-6-9(7-10(12)13-8)14-5-3-2-4-11/h6-7,11H,4-5H2,1H3. The number of hydrogen-bond donors (Lipinski definition) is 1. The van der Waals surface area contributed by atoms with Crippen molar-refractivity contribution in [3.8, 4) is 11.8 Å². The maximum Gasteiger partial charge on any atom is 0.336 e. The highest BCUT2D eigenvalue weighted by molar-refractivity contribution is 7.99. The third-order valence-electron chi connectivity index (χ3n) is 1.38. The lowest BCUT2D eigenvalue weighted by molar-refractivity contribution is 0.350. The van der Waals surface area contributed by atoms with Gasteiger partial charge in [0, 0.05) is 11.0 Å². The van der Waals surface area contributed by atoms with Gasteiger partial charge in [-0.1, -0.05) is 11.8 Å². The number of aryl methyl sites for hydroxylation is 1. The number of aliphatic hydroxyl groups excluding tert-OH is 1. The van der Waals surface area contributed by atoms with Gasteiger partial charge in [-0.2, -0.15) is 0 Å². The van der Waals surface area contributed by atoms with E-state index in [-0.39, 0.29) is 12.2 Å². The molecule has 74 valence electrons. The van der Waals surface area contributed by atoms with Crippen molar-refractivity contribution in [2.24, 2.45) is 0 Å². The van der Waals surface area contributed by atoms with Crippen LogP contribution in [-0.4, -0.2) is 17.5 Å². The molecule has 0 fully saturated rings. The van der Waals surface area contributed by atoms with Crippen LogP contribution in [0.4, 0.5) is 0 Å². The van der Waals surface area contributed by atoms with E-state index in [1.807, 2.05) is 0 Å². The molecule has 0 unspecified atom stereocenters. The first-order valence-corrected chi connectivity index (χ1v) is 5.02. The molecule has 14 heavy (non-hydrogen) atoms. The summed E-state index contributed by atoms with van der Waals surface area (Å²) in [6.07, 6.45) is 0. The van der Waals surface area contributed by atoms with E-state index in [1.54, 1.807) is 13.0 Å². The lowest BCUT2D eigenvalue weighted by Gasteiger charge is -1.96. The molecule has 1 aromatic rings. The molecule has 0 amide bonds. The van der Waals surface area contributed by atoms with Gasteiger partial charge in [-0.3, -0.25) is 0 Å². The molecule has 0 saturated carbocycles. The lowest BCUT2D eigenvalue weighted by Crippen LogP contribution is -1.97. The summed E-state index contributed by atoms with van der Waals surface area (Å²) < 4.78 is 4.80. The van der Waals surface area contributed by atoms with E-state index in [0.29, 0.717) is 11.5 Å². The molecule has 0 aliphatic carbocycles. The van der Waals surface area contributed by atoms with Crippen molar-refractivity contribution in [3.05, 3.63) is 28.3 Å². The largest absolute Gasteiger partial charge is 0.428 e. The van der Waals surface area contributed by atoms with Crippen LogP contribution in [0.5, 0.6) is 0 Å². The van der Waals surface area contributed by atoms with Gasteiger partial charge in [0.15, 0.2) is 0 Å². The van der Waals surface area contributed by atoms with Crippen molar-refractivity contribution in [1.82, 2.24) is 0 Å². The van der Waals surface area contributed by atoms with E-state index in [9.17, 15) is 4.79 Å². The molecule has 0 bridgehead atoms. The van der Waals surface area contributed by atoms with Crippen molar-refractivity contribution in [2.75, 3.05) is 12.4 Å². The van der Waals surface area contributed by atoms with Crippen LogP contribution in [0.15, 0.2) is 26.2 Å². The van der Waals surface area contributed by atoms with E-state index >= 15 is 0 Å². The summed E-state index contributed by atoms with van der Waals surface area (Å²) in [5.41, 5.74) is -0.345. The Morgan fingerprint density at radius 3 is 2.93 bits per heavy atom. The van der Waals surface area contributed by atoms with Crippen LogP contribution in [0, 0.1) is 18.8 Å². The van der Waals surface area contributed by atoms with Gasteiger partial charge >= 0.3 is 5.63 Å². The molecule has 0 aliphatic rings. The molecule has 1 rings (SSSR count). The quantitative estimate of drug-likeness (QED) is 0.585. The molecular weight excluding hydrogens is 200 g/mol. The molecule has 4 heteroatoms. The topological polar surface area (TPSA) is 50.4 Å². The van der Waals surface area contributed by atoms with Crippen LogP contribution in [0.3, 0.4) is 0 Å². The maximum atomic E-state index is 10.9. The maximum absolute atomic E-state index is 10.9. The highest BCUT2D eigenvalue weighted by atomic mass is 32.2. The van der Waals surface area contributed by atoms with Crippen LogP contribution in [0.1, 0.15) is 5.76 Å². The fourth-order valence-electron chi connectivity index (χ4n) is 0.885. The fraction of sp³-hybridized carbons (Fsp3) is 0.300. The van der Waals surface area contributed by atoms with Gasteiger partial charge in [-0.15, -0.1) is 11.8 Å².